The molecule has 6 nitrogen and oxygen atoms in total. The van der Waals surface area contributed by atoms with Crippen LogP contribution in [0.2, 0.25) is 0 Å². The summed E-state index contributed by atoms with van der Waals surface area (Å²) in [6, 6.07) is 25.7. The van der Waals surface area contributed by atoms with Gasteiger partial charge in [0, 0.05) is 37.1 Å². The van der Waals surface area contributed by atoms with E-state index in [1.165, 1.54) is 0 Å². The lowest BCUT2D eigenvalue weighted by Crippen LogP contribution is -2.48. The fourth-order valence-corrected chi connectivity index (χ4v) is 4.24. The van der Waals surface area contributed by atoms with Crippen molar-refractivity contribution in [2.45, 2.75) is 6.54 Å². The molecular formula is C26H25N5O. The Kier molecular flexibility index (Phi) is 5.52. The SMILES string of the molecule is Nc1nc(CN2CCN(C(=O)c3ccccc3-c3ccccc3)CC2)nc2ccccc12. The average Bonchev–Trinajstić information content (AvgIpc) is 2.85. The molecule has 0 aliphatic carbocycles. The van der Waals surface area contributed by atoms with Crippen LogP contribution in [-0.4, -0.2) is 51.9 Å². The van der Waals surface area contributed by atoms with Gasteiger partial charge >= 0.3 is 0 Å². The molecule has 4 aromatic rings. The molecule has 1 aliphatic heterocycles. The molecule has 1 saturated heterocycles. The van der Waals surface area contributed by atoms with Gasteiger partial charge in [0.2, 0.25) is 0 Å². The van der Waals surface area contributed by atoms with Crippen LogP contribution in [0.4, 0.5) is 5.82 Å². The highest BCUT2D eigenvalue weighted by Crippen LogP contribution is 2.25. The summed E-state index contributed by atoms with van der Waals surface area (Å²) in [5.41, 5.74) is 9.77. The molecule has 1 aliphatic rings. The number of piperazine rings is 1. The van der Waals surface area contributed by atoms with Gasteiger partial charge in [-0.1, -0.05) is 60.7 Å². The number of anilines is 1. The Labute approximate surface area is 187 Å². The van der Waals surface area contributed by atoms with Gasteiger partial charge in [-0.15, -0.1) is 0 Å². The van der Waals surface area contributed by atoms with E-state index in [0.29, 0.717) is 25.5 Å². The van der Waals surface area contributed by atoms with Crippen LogP contribution in [0.15, 0.2) is 78.9 Å². The van der Waals surface area contributed by atoms with Gasteiger partial charge in [-0.05, 0) is 29.3 Å². The Morgan fingerprint density at radius 1 is 0.812 bits per heavy atom. The van der Waals surface area contributed by atoms with E-state index < -0.39 is 0 Å². The molecule has 5 rings (SSSR count). The maximum Gasteiger partial charge on any atom is 0.254 e. The molecule has 6 heteroatoms. The Balaban J connectivity index is 1.27. The molecule has 0 unspecified atom stereocenters. The number of carbonyl (C=O) groups is 1. The summed E-state index contributed by atoms with van der Waals surface area (Å²) in [6.45, 7) is 3.51. The van der Waals surface area contributed by atoms with E-state index in [2.05, 4.69) is 14.9 Å². The van der Waals surface area contributed by atoms with Gasteiger partial charge in [-0.2, -0.15) is 0 Å². The van der Waals surface area contributed by atoms with Crippen LogP contribution < -0.4 is 5.73 Å². The monoisotopic (exact) mass is 423 g/mol. The standard InChI is InChI=1S/C26H25N5O/c27-25-22-12-6-7-13-23(22)28-24(29-25)18-30-14-16-31(17-15-30)26(32)21-11-5-4-10-20(21)19-8-2-1-3-9-19/h1-13H,14-18H2,(H2,27,28,29). The van der Waals surface area contributed by atoms with Crippen LogP contribution in [-0.2, 0) is 6.54 Å². The molecule has 2 N–H and O–H groups in total. The van der Waals surface area contributed by atoms with Crippen molar-refractivity contribution in [1.29, 1.82) is 0 Å². The van der Waals surface area contributed by atoms with Crippen molar-refractivity contribution in [3.63, 3.8) is 0 Å². The fraction of sp³-hybridized carbons (Fsp3) is 0.192. The van der Waals surface area contributed by atoms with Crippen molar-refractivity contribution in [2.75, 3.05) is 31.9 Å². The molecular weight excluding hydrogens is 398 g/mol. The van der Waals surface area contributed by atoms with E-state index in [-0.39, 0.29) is 5.91 Å². The number of rotatable bonds is 4. The van der Waals surface area contributed by atoms with Crippen LogP contribution in [0.1, 0.15) is 16.2 Å². The predicted molar refractivity (Wildman–Crippen MR) is 127 cm³/mol. The van der Waals surface area contributed by atoms with E-state index in [0.717, 1.165) is 46.5 Å². The van der Waals surface area contributed by atoms with Gasteiger partial charge in [0.05, 0.1) is 12.1 Å². The summed E-state index contributed by atoms with van der Waals surface area (Å²) in [4.78, 5) is 26.7. The molecule has 160 valence electrons. The van der Waals surface area contributed by atoms with E-state index in [1.54, 1.807) is 0 Å². The molecule has 1 fully saturated rings. The third-order valence-electron chi connectivity index (χ3n) is 5.95. The third kappa shape index (κ3) is 4.05. The Bertz CT molecular complexity index is 1250. The summed E-state index contributed by atoms with van der Waals surface area (Å²) >= 11 is 0. The van der Waals surface area contributed by atoms with Crippen LogP contribution >= 0.6 is 0 Å². The number of nitrogen functional groups attached to an aromatic ring is 1. The average molecular weight is 424 g/mol. The minimum atomic E-state index is 0.0790. The number of fused-ring (bicyclic) bond motifs is 1. The lowest BCUT2D eigenvalue weighted by molar-refractivity contribution is 0.0626. The zero-order valence-corrected chi connectivity index (χ0v) is 17.8. The highest BCUT2D eigenvalue weighted by atomic mass is 16.2. The van der Waals surface area contributed by atoms with Crippen molar-refractivity contribution in [3.05, 3.63) is 90.3 Å². The second-order valence-electron chi connectivity index (χ2n) is 8.02. The van der Waals surface area contributed by atoms with Gasteiger partial charge in [-0.25, -0.2) is 9.97 Å². The van der Waals surface area contributed by atoms with Crippen molar-refractivity contribution >= 4 is 22.6 Å². The third-order valence-corrected chi connectivity index (χ3v) is 5.95. The first-order valence-corrected chi connectivity index (χ1v) is 10.9. The van der Waals surface area contributed by atoms with Gasteiger partial charge in [-0.3, -0.25) is 9.69 Å². The minimum Gasteiger partial charge on any atom is -0.383 e. The molecule has 1 amide bonds. The minimum absolute atomic E-state index is 0.0790. The summed E-state index contributed by atoms with van der Waals surface area (Å²) in [7, 11) is 0. The molecule has 32 heavy (non-hydrogen) atoms. The van der Waals surface area contributed by atoms with Crippen LogP contribution in [0.5, 0.6) is 0 Å². The summed E-state index contributed by atoms with van der Waals surface area (Å²) in [5.74, 6) is 1.31. The Hall–Kier alpha value is -3.77. The van der Waals surface area contributed by atoms with E-state index >= 15 is 0 Å². The second-order valence-corrected chi connectivity index (χ2v) is 8.02. The van der Waals surface area contributed by atoms with Crippen molar-refractivity contribution in [1.82, 2.24) is 19.8 Å². The van der Waals surface area contributed by atoms with Crippen LogP contribution in [0, 0.1) is 0 Å². The molecule has 2 heterocycles. The molecule has 0 saturated carbocycles. The molecule has 0 radical (unpaired) electrons. The number of hydrogen-bond donors (Lipinski definition) is 1. The highest BCUT2D eigenvalue weighted by Gasteiger charge is 2.24. The number of aromatic nitrogens is 2. The van der Waals surface area contributed by atoms with E-state index in [1.807, 2.05) is 83.8 Å². The number of nitrogens with two attached hydrogens (primary N) is 1. The number of carbonyl (C=O) groups excluding carboxylic acids is 1. The summed E-state index contributed by atoms with van der Waals surface area (Å²) in [5, 5.41) is 0.878. The first-order valence-electron chi connectivity index (χ1n) is 10.9. The fourth-order valence-electron chi connectivity index (χ4n) is 4.24. The molecule has 3 aromatic carbocycles. The lowest BCUT2D eigenvalue weighted by Gasteiger charge is -2.34. The highest BCUT2D eigenvalue weighted by molar-refractivity contribution is 6.01. The van der Waals surface area contributed by atoms with Crippen LogP contribution in [0.25, 0.3) is 22.0 Å². The van der Waals surface area contributed by atoms with Crippen molar-refractivity contribution < 1.29 is 4.79 Å². The smallest absolute Gasteiger partial charge is 0.254 e. The van der Waals surface area contributed by atoms with Crippen LogP contribution in [0.3, 0.4) is 0 Å². The number of para-hydroxylation sites is 1. The molecule has 0 atom stereocenters. The number of nitrogens with zero attached hydrogens (tertiary/aromatic N) is 4. The van der Waals surface area contributed by atoms with Crippen molar-refractivity contribution in [3.8, 4) is 11.1 Å². The zero-order valence-electron chi connectivity index (χ0n) is 17.8. The molecule has 1 aromatic heterocycles. The topological polar surface area (TPSA) is 75.3 Å². The summed E-state index contributed by atoms with van der Waals surface area (Å²) in [6.07, 6.45) is 0. The summed E-state index contributed by atoms with van der Waals surface area (Å²) < 4.78 is 0. The zero-order chi connectivity index (χ0) is 21.9. The van der Waals surface area contributed by atoms with Crippen molar-refractivity contribution in [2.24, 2.45) is 0 Å². The van der Waals surface area contributed by atoms with Gasteiger partial charge < -0.3 is 10.6 Å². The largest absolute Gasteiger partial charge is 0.383 e. The van der Waals surface area contributed by atoms with E-state index in [9.17, 15) is 4.79 Å². The van der Waals surface area contributed by atoms with Gasteiger partial charge in [0.1, 0.15) is 11.6 Å². The first kappa shape index (κ1) is 20.2. The number of benzene rings is 3. The Morgan fingerprint density at radius 3 is 2.31 bits per heavy atom. The maximum atomic E-state index is 13.3. The van der Waals surface area contributed by atoms with Gasteiger partial charge in [0.25, 0.3) is 5.91 Å². The maximum absolute atomic E-state index is 13.3. The predicted octanol–water partition coefficient (Wildman–Crippen LogP) is 3.84. The normalized spacial score (nSPS) is 14.6. The molecule has 0 spiro atoms. The lowest BCUT2D eigenvalue weighted by atomic mass is 9.98. The van der Waals surface area contributed by atoms with Gasteiger partial charge in [0.15, 0.2) is 0 Å². The first-order chi connectivity index (χ1) is 15.7. The van der Waals surface area contributed by atoms with E-state index in [4.69, 9.17) is 5.73 Å². The second kappa shape index (κ2) is 8.77. The Morgan fingerprint density at radius 2 is 1.50 bits per heavy atom. The quantitative estimate of drug-likeness (QED) is 0.540. The number of hydrogen-bond acceptors (Lipinski definition) is 5. The molecule has 0 bridgehead atoms. The number of amides is 1.